The zero-order valence-corrected chi connectivity index (χ0v) is 15.4. The van der Waals surface area contributed by atoms with Gasteiger partial charge in [0.25, 0.3) is 0 Å². The van der Waals surface area contributed by atoms with Gasteiger partial charge in [0.15, 0.2) is 0 Å². The fourth-order valence-corrected chi connectivity index (χ4v) is 3.73. The Balaban J connectivity index is 1.48. The number of rotatable bonds is 5. The van der Waals surface area contributed by atoms with Gasteiger partial charge in [0.2, 0.25) is 11.8 Å². The van der Waals surface area contributed by atoms with E-state index in [9.17, 15) is 9.59 Å². The zero-order valence-electron chi connectivity index (χ0n) is 15.4. The van der Waals surface area contributed by atoms with Crippen molar-refractivity contribution in [2.45, 2.75) is 12.8 Å². The summed E-state index contributed by atoms with van der Waals surface area (Å²) in [5.74, 6) is 0.613. The Morgan fingerprint density at radius 2 is 1.81 bits per heavy atom. The number of carbonyl (C=O) groups is 2. The lowest BCUT2D eigenvalue weighted by atomic mass is 9.97. The maximum absolute atomic E-state index is 12.6. The quantitative estimate of drug-likeness (QED) is 0.829. The highest BCUT2D eigenvalue weighted by molar-refractivity contribution is 5.79. The van der Waals surface area contributed by atoms with Crippen LogP contribution >= 0.6 is 0 Å². The molecule has 1 aromatic rings. The summed E-state index contributed by atoms with van der Waals surface area (Å²) >= 11 is 0. The molecular formula is C19H28N4O3. The summed E-state index contributed by atoms with van der Waals surface area (Å²) in [6.45, 7) is 4.93. The maximum atomic E-state index is 12.6. The Labute approximate surface area is 154 Å². The first kappa shape index (κ1) is 18.5. The van der Waals surface area contributed by atoms with E-state index in [2.05, 4.69) is 9.80 Å². The molecule has 2 amide bonds. The number of piperidine rings is 1. The summed E-state index contributed by atoms with van der Waals surface area (Å²) in [6.07, 6.45) is 1.76. The molecule has 1 atom stereocenters. The minimum Gasteiger partial charge on any atom is -0.497 e. The second kappa shape index (κ2) is 8.40. The van der Waals surface area contributed by atoms with Crippen molar-refractivity contribution >= 4 is 17.5 Å². The number of hydrogen-bond acceptors (Lipinski definition) is 5. The van der Waals surface area contributed by atoms with E-state index in [0.29, 0.717) is 13.1 Å². The van der Waals surface area contributed by atoms with Crippen molar-refractivity contribution in [3.63, 3.8) is 0 Å². The Bertz CT molecular complexity index is 626. The van der Waals surface area contributed by atoms with E-state index in [1.165, 1.54) is 0 Å². The fraction of sp³-hybridized carbons (Fsp3) is 0.579. The molecule has 3 rings (SSSR count). The Kier molecular flexibility index (Phi) is 5.98. The molecule has 0 aliphatic carbocycles. The van der Waals surface area contributed by atoms with Crippen LogP contribution in [0.4, 0.5) is 5.69 Å². The minimum absolute atomic E-state index is 0.122. The van der Waals surface area contributed by atoms with Gasteiger partial charge < -0.3 is 20.3 Å². The van der Waals surface area contributed by atoms with Crippen molar-refractivity contribution in [2.75, 3.05) is 57.8 Å². The van der Waals surface area contributed by atoms with E-state index in [1.54, 1.807) is 7.11 Å². The highest BCUT2D eigenvalue weighted by Crippen LogP contribution is 2.21. The number of anilines is 1. The van der Waals surface area contributed by atoms with Gasteiger partial charge in [-0.2, -0.15) is 0 Å². The number of benzene rings is 1. The monoisotopic (exact) mass is 360 g/mol. The molecule has 0 saturated carbocycles. The summed E-state index contributed by atoms with van der Waals surface area (Å²) in [6, 6.07) is 8.01. The number of hydrogen-bond donors (Lipinski definition) is 1. The van der Waals surface area contributed by atoms with E-state index in [1.807, 2.05) is 29.2 Å². The fourth-order valence-electron chi connectivity index (χ4n) is 3.73. The van der Waals surface area contributed by atoms with Crippen LogP contribution < -0.4 is 15.4 Å². The third-order valence-corrected chi connectivity index (χ3v) is 5.34. The Hall–Kier alpha value is -2.28. The molecule has 2 aliphatic rings. The van der Waals surface area contributed by atoms with Gasteiger partial charge in [0.1, 0.15) is 5.75 Å². The van der Waals surface area contributed by atoms with Crippen LogP contribution in [-0.2, 0) is 9.59 Å². The van der Waals surface area contributed by atoms with Gasteiger partial charge in [-0.3, -0.25) is 14.5 Å². The first-order valence-electron chi connectivity index (χ1n) is 9.25. The molecule has 0 aromatic heterocycles. The van der Waals surface area contributed by atoms with Gasteiger partial charge in [-0.05, 0) is 43.7 Å². The van der Waals surface area contributed by atoms with Crippen molar-refractivity contribution < 1.29 is 14.3 Å². The Morgan fingerprint density at radius 3 is 2.42 bits per heavy atom. The molecule has 7 heteroatoms. The molecule has 2 aliphatic heterocycles. The highest BCUT2D eigenvalue weighted by atomic mass is 16.5. The van der Waals surface area contributed by atoms with E-state index in [0.717, 1.165) is 57.0 Å². The summed E-state index contributed by atoms with van der Waals surface area (Å²) in [7, 11) is 1.66. The first-order valence-corrected chi connectivity index (χ1v) is 9.25. The van der Waals surface area contributed by atoms with Crippen LogP contribution in [0.25, 0.3) is 0 Å². The van der Waals surface area contributed by atoms with Gasteiger partial charge >= 0.3 is 0 Å². The molecule has 7 nitrogen and oxygen atoms in total. The molecule has 0 bridgehead atoms. The number of piperazine rings is 1. The second-order valence-corrected chi connectivity index (χ2v) is 7.04. The third-order valence-electron chi connectivity index (χ3n) is 5.34. The first-order chi connectivity index (χ1) is 12.6. The van der Waals surface area contributed by atoms with Crippen LogP contribution in [0.5, 0.6) is 5.75 Å². The average molecular weight is 360 g/mol. The summed E-state index contributed by atoms with van der Waals surface area (Å²) in [5, 5.41) is 0. The lowest BCUT2D eigenvalue weighted by Crippen LogP contribution is -2.52. The topological polar surface area (TPSA) is 79.1 Å². The number of carbonyl (C=O) groups excluding carboxylic acids is 2. The van der Waals surface area contributed by atoms with E-state index in [4.69, 9.17) is 10.5 Å². The van der Waals surface area contributed by atoms with Gasteiger partial charge in [-0.15, -0.1) is 0 Å². The zero-order chi connectivity index (χ0) is 18.5. The maximum Gasteiger partial charge on any atom is 0.236 e. The van der Waals surface area contributed by atoms with Crippen LogP contribution in [0.3, 0.4) is 0 Å². The predicted molar refractivity (Wildman–Crippen MR) is 100 cm³/mol. The van der Waals surface area contributed by atoms with Crippen LogP contribution in [0.2, 0.25) is 0 Å². The van der Waals surface area contributed by atoms with Crippen LogP contribution in [0, 0.1) is 5.92 Å². The number of primary amides is 1. The molecular weight excluding hydrogens is 332 g/mol. The smallest absolute Gasteiger partial charge is 0.236 e. The molecule has 0 radical (unpaired) electrons. The molecule has 2 N–H and O–H groups in total. The van der Waals surface area contributed by atoms with Gasteiger partial charge in [0.05, 0.1) is 19.6 Å². The van der Waals surface area contributed by atoms with Crippen LogP contribution in [-0.4, -0.2) is 74.5 Å². The van der Waals surface area contributed by atoms with Crippen LogP contribution in [0.1, 0.15) is 12.8 Å². The molecule has 142 valence electrons. The minimum atomic E-state index is -0.254. The Morgan fingerprint density at radius 1 is 1.12 bits per heavy atom. The summed E-state index contributed by atoms with van der Waals surface area (Å²) in [4.78, 5) is 30.3. The van der Waals surface area contributed by atoms with Gasteiger partial charge in [0, 0.05) is 38.4 Å². The van der Waals surface area contributed by atoms with Crippen molar-refractivity contribution in [2.24, 2.45) is 11.7 Å². The predicted octanol–water partition coefficient (Wildman–Crippen LogP) is 0.541. The average Bonchev–Trinajstić information content (AvgIpc) is 2.68. The molecule has 2 heterocycles. The number of amides is 2. The lowest BCUT2D eigenvalue weighted by Gasteiger charge is -2.38. The van der Waals surface area contributed by atoms with E-state index >= 15 is 0 Å². The van der Waals surface area contributed by atoms with Crippen molar-refractivity contribution in [1.29, 1.82) is 0 Å². The normalized spacial score (nSPS) is 21.5. The van der Waals surface area contributed by atoms with Crippen molar-refractivity contribution in [3.05, 3.63) is 24.3 Å². The molecule has 2 saturated heterocycles. The molecule has 2 fully saturated rings. The molecule has 0 spiro atoms. The third kappa shape index (κ3) is 4.46. The van der Waals surface area contributed by atoms with Gasteiger partial charge in [-0.1, -0.05) is 0 Å². The number of nitrogens with zero attached hydrogens (tertiary/aromatic N) is 3. The number of methoxy groups -OCH3 is 1. The SMILES string of the molecule is COc1ccc(N2CCN(C(=O)CN3CCC[C@@H](C(N)=O)C3)CC2)cc1. The van der Waals surface area contributed by atoms with Crippen LogP contribution in [0.15, 0.2) is 24.3 Å². The van der Waals surface area contributed by atoms with Gasteiger partial charge in [-0.25, -0.2) is 0 Å². The van der Waals surface area contributed by atoms with E-state index < -0.39 is 0 Å². The second-order valence-electron chi connectivity index (χ2n) is 7.04. The number of ether oxygens (including phenoxy) is 1. The highest BCUT2D eigenvalue weighted by Gasteiger charge is 2.27. The molecule has 1 aromatic carbocycles. The number of likely N-dealkylation sites (tertiary alicyclic amines) is 1. The standard InChI is InChI=1S/C19H28N4O3/c1-26-17-6-4-16(5-7-17)22-9-11-23(12-10-22)18(24)14-21-8-2-3-15(13-21)19(20)25/h4-7,15H,2-3,8-14H2,1H3,(H2,20,25)/t15-/m1/s1. The number of nitrogens with two attached hydrogens (primary N) is 1. The summed E-state index contributed by atoms with van der Waals surface area (Å²) in [5.41, 5.74) is 6.57. The van der Waals surface area contributed by atoms with E-state index in [-0.39, 0.29) is 17.7 Å². The lowest BCUT2D eigenvalue weighted by molar-refractivity contribution is -0.134. The summed E-state index contributed by atoms with van der Waals surface area (Å²) < 4.78 is 5.19. The molecule has 0 unspecified atom stereocenters. The van der Waals surface area contributed by atoms with Crippen molar-refractivity contribution in [3.8, 4) is 5.75 Å². The molecule has 26 heavy (non-hydrogen) atoms. The largest absolute Gasteiger partial charge is 0.497 e. The van der Waals surface area contributed by atoms with Crippen molar-refractivity contribution in [1.82, 2.24) is 9.80 Å².